The summed E-state index contributed by atoms with van der Waals surface area (Å²) in [5.74, 6) is 0.722. The molecule has 18 heavy (non-hydrogen) atoms. The molecular formula is C13H21NO3S. The van der Waals surface area contributed by atoms with E-state index < -0.39 is 0 Å². The van der Waals surface area contributed by atoms with Crippen LogP contribution < -0.4 is 0 Å². The predicted octanol–water partition coefficient (Wildman–Crippen LogP) is 1.94. The maximum atomic E-state index is 12.1. The Kier molecular flexibility index (Phi) is 7.05. The maximum absolute atomic E-state index is 12.1. The van der Waals surface area contributed by atoms with Crippen LogP contribution in [0.2, 0.25) is 0 Å². The molecule has 0 aliphatic carbocycles. The lowest BCUT2D eigenvalue weighted by Crippen LogP contribution is -2.37. The van der Waals surface area contributed by atoms with E-state index in [-0.39, 0.29) is 31.3 Å². The molecule has 1 heterocycles. The highest BCUT2D eigenvalue weighted by molar-refractivity contribution is 7.97. The van der Waals surface area contributed by atoms with Gasteiger partial charge in [0.2, 0.25) is 0 Å². The molecule has 0 saturated carbocycles. The highest BCUT2D eigenvalue weighted by Gasteiger charge is 2.28. The minimum atomic E-state index is -0.0337. The summed E-state index contributed by atoms with van der Waals surface area (Å²) in [5, 5.41) is 8.71. The Balaban J connectivity index is 2.56. The molecule has 1 aliphatic rings. The second-order valence-electron chi connectivity index (χ2n) is 4.34. The van der Waals surface area contributed by atoms with Crippen LogP contribution in [0.1, 0.15) is 39.0 Å². The number of Topliss-reactive ketones (excluding diaryl/α,β-unsaturated/α-hetero) is 1. The van der Waals surface area contributed by atoms with Crippen molar-refractivity contribution in [1.29, 1.82) is 0 Å². The number of piperidine rings is 1. The van der Waals surface area contributed by atoms with Crippen LogP contribution in [0.25, 0.3) is 0 Å². The van der Waals surface area contributed by atoms with Crippen LogP contribution in [0, 0.1) is 0 Å². The predicted molar refractivity (Wildman–Crippen MR) is 73.1 cm³/mol. The number of nitrogens with zero attached hydrogens (tertiary/aromatic N) is 1. The van der Waals surface area contributed by atoms with E-state index in [9.17, 15) is 9.59 Å². The number of carbonyl (C=O) groups excluding carboxylic acids is 2. The molecule has 1 amide bonds. The van der Waals surface area contributed by atoms with Crippen molar-refractivity contribution in [1.82, 2.24) is 4.31 Å². The molecule has 5 heteroatoms. The number of hydrogen-bond donors (Lipinski definition) is 1. The van der Waals surface area contributed by atoms with Crippen molar-refractivity contribution in [3.8, 4) is 0 Å². The number of ketones is 1. The van der Waals surface area contributed by atoms with Gasteiger partial charge in [0.05, 0.1) is 6.54 Å². The molecule has 1 N–H and O–H groups in total. The Bertz CT molecular complexity index is 328. The Morgan fingerprint density at radius 2 is 2.17 bits per heavy atom. The molecule has 1 fully saturated rings. The highest BCUT2D eigenvalue weighted by atomic mass is 32.2. The summed E-state index contributed by atoms with van der Waals surface area (Å²) in [7, 11) is 0. The van der Waals surface area contributed by atoms with Crippen LogP contribution in [0.4, 0.5) is 0 Å². The number of aliphatic hydroxyl groups excluding tert-OH is 1. The first-order valence-electron chi connectivity index (χ1n) is 6.45. The average Bonchev–Trinajstić information content (AvgIpc) is 2.35. The zero-order valence-electron chi connectivity index (χ0n) is 10.9. The lowest BCUT2D eigenvalue weighted by atomic mass is 10.0. The summed E-state index contributed by atoms with van der Waals surface area (Å²) in [5.41, 5.74) is 0.635. The van der Waals surface area contributed by atoms with Crippen molar-refractivity contribution in [2.45, 2.75) is 39.0 Å². The van der Waals surface area contributed by atoms with E-state index in [1.807, 2.05) is 6.08 Å². The highest BCUT2D eigenvalue weighted by Crippen LogP contribution is 2.23. The van der Waals surface area contributed by atoms with Gasteiger partial charge in [-0.05, 0) is 24.8 Å². The number of hydrogen-bond acceptors (Lipinski definition) is 4. The summed E-state index contributed by atoms with van der Waals surface area (Å²) in [6.07, 6.45) is 5.81. The van der Waals surface area contributed by atoms with Gasteiger partial charge < -0.3 is 5.11 Å². The second-order valence-corrected chi connectivity index (χ2v) is 5.45. The van der Waals surface area contributed by atoms with E-state index in [0.717, 1.165) is 19.3 Å². The lowest BCUT2D eigenvalue weighted by Gasteiger charge is -2.26. The van der Waals surface area contributed by atoms with Crippen LogP contribution in [-0.2, 0) is 9.59 Å². The fraction of sp³-hybridized carbons (Fsp3) is 0.692. The number of rotatable bonds is 7. The minimum Gasteiger partial charge on any atom is -0.396 e. The molecule has 0 radical (unpaired) electrons. The minimum absolute atomic E-state index is 0.0337. The fourth-order valence-corrected chi connectivity index (χ4v) is 2.67. The Hall–Kier alpha value is -0.810. The first kappa shape index (κ1) is 15.2. The first-order chi connectivity index (χ1) is 8.69. The van der Waals surface area contributed by atoms with Gasteiger partial charge in [0.15, 0.2) is 5.78 Å². The van der Waals surface area contributed by atoms with Gasteiger partial charge in [0.1, 0.15) is 0 Å². The van der Waals surface area contributed by atoms with Gasteiger partial charge in [-0.2, -0.15) is 0 Å². The molecule has 0 spiro atoms. The molecule has 0 bridgehead atoms. The van der Waals surface area contributed by atoms with Gasteiger partial charge in [-0.3, -0.25) is 13.9 Å². The molecule has 0 aromatic carbocycles. The molecule has 1 saturated heterocycles. The molecule has 1 rings (SSSR count). The topological polar surface area (TPSA) is 57.6 Å². The molecule has 0 aromatic rings. The third-order valence-corrected chi connectivity index (χ3v) is 3.78. The largest absolute Gasteiger partial charge is 0.396 e. The summed E-state index contributed by atoms with van der Waals surface area (Å²) < 4.78 is 1.53. The average molecular weight is 271 g/mol. The number of allylic oxidation sites excluding steroid dienone is 1. The van der Waals surface area contributed by atoms with Crippen molar-refractivity contribution < 1.29 is 14.7 Å². The third kappa shape index (κ3) is 4.82. The van der Waals surface area contributed by atoms with Crippen LogP contribution in [0.15, 0.2) is 11.6 Å². The third-order valence-electron chi connectivity index (χ3n) is 2.71. The second kappa shape index (κ2) is 8.32. The summed E-state index contributed by atoms with van der Waals surface area (Å²) in [6, 6.07) is 0. The van der Waals surface area contributed by atoms with Crippen molar-refractivity contribution in [2.75, 3.05) is 18.9 Å². The number of amides is 1. The fourth-order valence-electron chi connectivity index (χ4n) is 1.72. The van der Waals surface area contributed by atoms with Gasteiger partial charge in [0.25, 0.3) is 5.91 Å². The molecule has 0 aromatic heterocycles. The number of carbonyl (C=O) groups is 2. The Morgan fingerprint density at radius 3 is 2.83 bits per heavy atom. The van der Waals surface area contributed by atoms with Crippen molar-refractivity contribution in [2.24, 2.45) is 0 Å². The zero-order chi connectivity index (χ0) is 13.4. The zero-order valence-corrected chi connectivity index (χ0v) is 11.7. The Labute approximate surface area is 113 Å². The van der Waals surface area contributed by atoms with Gasteiger partial charge in [0, 0.05) is 24.4 Å². The van der Waals surface area contributed by atoms with Gasteiger partial charge in [-0.1, -0.05) is 25.8 Å². The van der Waals surface area contributed by atoms with E-state index >= 15 is 0 Å². The van der Waals surface area contributed by atoms with Crippen LogP contribution in [0.3, 0.4) is 0 Å². The van der Waals surface area contributed by atoms with Crippen LogP contribution in [-0.4, -0.2) is 40.0 Å². The van der Waals surface area contributed by atoms with E-state index in [1.54, 1.807) is 0 Å². The number of aliphatic hydroxyl groups is 1. The number of unbranched alkanes of at least 4 members (excludes halogenated alkanes) is 2. The Morgan fingerprint density at radius 1 is 1.39 bits per heavy atom. The van der Waals surface area contributed by atoms with E-state index in [4.69, 9.17) is 5.11 Å². The smallest absolute Gasteiger partial charge is 0.260 e. The van der Waals surface area contributed by atoms with Crippen LogP contribution in [0.5, 0.6) is 0 Å². The standard InChI is InChI=1S/C13H21NO3S/c1-2-3-4-6-11-9-12(16)10-14(13(11)17)18-8-5-7-15/h6,15H,2-5,7-10H2,1H3/b11-6-. The van der Waals surface area contributed by atoms with Gasteiger partial charge in [-0.25, -0.2) is 0 Å². The summed E-state index contributed by atoms with van der Waals surface area (Å²) in [4.78, 5) is 23.7. The van der Waals surface area contributed by atoms with E-state index in [1.165, 1.54) is 16.3 Å². The summed E-state index contributed by atoms with van der Waals surface area (Å²) in [6.45, 7) is 2.41. The molecule has 0 atom stereocenters. The maximum Gasteiger partial charge on any atom is 0.260 e. The van der Waals surface area contributed by atoms with Crippen LogP contribution >= 0.6 is 11.9 Å². The molecule has 102 valence electrons. The van der Waals surface area contributed by atoms with Gasteiger partial charge >= 0.3 is 0 Å². The monoisotopic (exact) mass is 271 g/mol. The molecule has 0 unspecified atom stereocenters. The molecule has 1 aliphatic heterocycles. The first-order valence-corrected chi connectivity index (χ1v) is 7.39. The molecule has 4 nitrogen and oxygen atoms in total. The van der Waals surface area contributed by atoms with Crippen molar-refractivity contribution >= 4 is 23.6 Å². The van der Waals surface area contributed by atoms with Gasteiger partial charge in [-0.15, -0.1) is 0 Å². The quantitative estimate of drug-likeness (QED) is 0.437. The van der Waals surface area contributed by atoms with Crippen molar-refractivity contribution in [3.05, 3.63) is 11.6 Å². The normalized spacial score (nSPS) is 18.8. The van der Waals surface area contributed by atoms with E-state index in [2.05, 4.69) is 6.92 Å². The van der Waals surface area contributed by atoms with E-state index in [0.29, 0.717) is 17.7 Å². The van der Waals surface area contributed by atoms with Crippen molar-refractivity contribution in [3.63, 3.8) is 0 Å². The SMILES string of the molecule is CCCC/C=C1/CC(=O)CN(SCCCO)C1=O. The molecular weight excluding hydrogens is 250 g/mol. The summed E-state index contributed by atoms with van der Waals surface area (Å²) >= 11 is 1.34. The lowest BCUT2D eigenvalue weighted by molar-refractivity contribution is -0.130.